The number of carbonyl (C=O) groups excluding carboxylic acids is 3. The number of nitrogens with zero attached hydrogens (tertiary/aromatic N) is 1. The van der Waals surface area contributed by atoms with E-state index >= 15 is 0 Å². The molecule has 192 valence electrons. The molecular weight excluding hydrogens is 450 g/mol. The predicted octanol–water partition coefficient (Wildman–Crippen LogP) is 2.44. The van der Waals surface area contributed by atoms with Crippen molar-refractivity contribution in [2.24, 2.45) is 40.4 Å². The number of esters is 3. The van der Waals surface area contributed by atoms with Crippen LogP contribution in [0.25, 0.3) is 0 Å². The van der Waals surface area contributed by atoms with Crippen LogP contribution in [0.1, 0.15) is 59.3 Å². The van der Waals surface area contributed by atoms with Gasteiger partial charge in [0.1, 0.15) is 18.4 Å². The molecule has 6 aliphatic rings. The van der Waals surface area contributed by atoms with Gasteiger partial charge in [0.15, 0.2) is 0 Å². The lowest BCUT2D eigenvalue weighted by molar-refractivity contribution is -0.334. The van der Waals surface area contributed by atoms with Crippen LogP contribution in [-0.4, -0.2) is 66.5 Å². The predicted molar refractivity (Wildman–Crippen MR) is 123 cm³/mol. The number of hydrogen-bond donors (Lipinski definition) is 1. The van der Waals surface area contributed by atoms with Crippen LogP contribution in [0, 0.1) is 40.4 Å². The van der Waals surface area contributed by atoms with Gasteiger partial charge >= 0.3 is 17.9 Å². The average molecular weight is 488 g/mol. The first-order valence-corrected chi connectivity index (χ1v) is 13.2. The van der Waals surface area contributed by atoms with Gasteiger partial charge in [0.25, 0.3) is 0 Å². The maximum Gasteiger partial charge on any atom is 0.309 e. The third-order valence-electron chi connectivity index (χ3n) is 10.9. The lowest BCUT2D eigenvalue weighted by Crippen LogP contribution is -2.79. The fourth-order valence-electron chi connectivity index (χ4n) is 10.1. The maximum atomic E-state index is 13.2. The van der Waals surface area contributed by atoms with E-state index in [2.05, 4.69) is 11.8 Å². The van der Waals surface area contributed by atoms with Crippen molar-refractivity contribution in [3.05, 3.63) is 11.1 Å². The van der Waals surface area contributed by atoms with E-state index in [4.69, 9.17) is 14.2 Å². The molecule has 0 aromatic heterocycles. The number of rotatable bonds is 4. The number of piperidine rings is 1. The van der Waals surface area contributed by atoms with Gasteiger partial charge in [-0.1, -0.05) is 18.1 Å². The maximum absolute atomic E-state index is 13.2. The second-order valence-electron chi connectivity index (χ2n) is 12.0. The van der Waals surface area contributed by atoms with E-state index in [1.54, 1.807) is 0 Å². The first kappa shape index (κ1) is 23.5. The van der Waals surface area contributed by atoms with Crippen LogP contribution in [0.4, 0.5) is 0 Å². The Morgan fingerprint density at radius 2 is 1.86 bits per heavy atom. The molecule has 4 aliphatic carbocycles. The minimum atomic E-state index is -1.18. The Labute approximate surface area is 206 Å². The van der Waals surface area contributed by atoms with Crippen LogP contribution in [0.2, 0.25) is 0 Å². The third kappa shape index (κ3) is 2.63. The highest BCUT2D eigenvalue weighted by Gasteiger charge is 2.84. The summed E-state index contributed by atoms with van der Waals surface area (Å²) in [6.45, 7) is 6.54. The molecule has 2 heterocycles. The molecular formula is C27H37NO7. The van der Waals surface area contributed by atoms with E-state index in [1.165, 1.54) is 32.1 Å². The average Bonchev–Trinajstić information content (AvgIpc) is 3.42. The number of ether oxygens (including phenoxy) is 3. The van der Waals surface area contributed by atoms with E-state index in [0.717, 1.165) is 32.2 Å². The van der Waals surface area contributed by atoms with Gasteiger partial charge in [-0.25, -0.2) is 0 Å². The Bertz CT molecular complexity index is 1020. The summed E-state index contributed by atoms with van der Waals surface area (Å²) < 4.78 is 17.3. The molecule has 9 atom stereocenters. The summed E-state index contributed by atoms with van der Waals surface area (Å²) in [5.74, 6) is -1.18. The number of hydrogen-bond acceptors (Lipinski definition) is 8. The molecule has 0 aromatic carbocycles. The van der Waals surface area contributed by atoms with Crippen molar-refractivity contribution in [2.75, 3.05) is 26.8 Å². The Morgan fingerprint density at radius 1 is 1.11 bits per heavy atom. The van der Waals surface area contributed by atoms with Crippen molar-refractivity contribution in [1.82, 2.24) is 4.90 Å². The van der Waals surface area contributed by atoms with Gasteiger partial charge in [0, 0.05) is 38.3 Å². The summed E-state index contributed by atoms with van der Waals surface area (Å²) in [5, 5.41) is 13.0. The Morgan fingerprint density at radius 3 is 2.54 bits per heavy atom. The van der Waals surface area contributed by atoms with Crippen molar-refractivity contribution < 1.29 is 33.7 Å². The first-order chi connectivity index (χ1) is 16.6. The Balaban J connectivity index is 1.67. The molecule has 35 heavy (non-hydrogen) atoms. The molecule has 2 saturated carbocycles. The molecule has 4 bridgehead atoms. The summed E-state index contributed by atoms with van der Waals surface area (Å²) in [5.41, 5.74) is -0.258. The number of carbonyl (C=O) groups is 3. The largest absolute Gasteiger partial charge is 0.469 e. The Kier molecular flexibility index (Phi) is 5.06. The molecule has 0 amide bonds. The summed E-state index contributed by atoms with van der Waals surface area (Å²) in [6, 6.07) is 0. The fraction of sp³-hybridized carbons (Fsp3) is 0.815. The van der Waals surface area contributed by atoms with Crippen molar-refractivity contribution in [2.45, 2.75) is 71.1 Å². The van der Waals surface area contributed by atoms with Crippen LogP contribution in [0.15, 0.2) is 11.1 Å². The highest BCUT2D eigenvalue weighted by Crippen LogP contribution is 2.80. The van der Waals surface area contributed by atoms with Gasteiger partial charge in [0.05, 0.1) is 18.4 Å². The monoisotopic (exact) mass is 487 g/mol. The highest BCUT2D eigenvalue weighted by atomic mass is 16.6. The highest BCUT2D eigenvalue weighted by molar-refractivity contribution is 5.76. The van der Waals surface area contributed by atoms with Crippen LogP contribution in [0.5, 0.6) is 0 Å². The molecule has 0 aromatic rings. The van der Waals surface area contributed by atoms with Crippen LogP contribution in [-0.2, 0) is 28.6 Å². The third-order valence-corrected chi connectivity index (χ3v) is 10.9. The summed E-state index contributed by atoms with van der Waals surface area (Å²) in [6.07, 6.45) is 4.06. The minimum Gasteiger partial charge on any atom is -0.469 e. The normalized spacial score (nSPS) is 47.2. The topological polar surface area (TPSA) is 102 Å². The molecule has 0 unspecified atom stereocenters. The Hall–Kier alpha value is -1.93. The first-order valence-electron chi connectivity index (χ1n) is 13.2. The van der Waals surface area contributed by atoms with E-state index < -0.39 is 22.7 Å². The standard InChI is InChI=1S/C27H37NO7/c1-14-11-28-12-18-7-5-17-6-8-19-20(24(31)33-4)10-26(23(17)19)25(18,13-34-15(2)29)22(35-16(3)30)9-21(14)27(26,28)32/h14,18-22,32H,5-13H2,1-4H3/t14-,18-,19-,20-,21-,22-,25-,26-,27+/m1/s1. The van der Waals surface area contributed by atoms with Gasteiger partial charge in [-0.05, 0) is 56.3 Å². The van der Waals surface area contributed by atoms with E-state index in [1.807, 2.05) is 0 Å². The molecule has 0 radical (unpaired) electrons. The van der Waals surface area contributed by atoms with E-state index in [-0.39, 0.29) is 54.1 Å². The molecule has 8 nitrogen and oxygen atoms in total. The number of aliphatic hydroxyl groups is 1. The van der Waals surface area contributed by atoms with Gasteiger partial charge in [-0.15, -0.1) is 0 Å². The molecule has 4 fully saturated rings. The second-order valence-corrected chi connectivity index (χ2v) is 12.0. The summed E-state index contributed by atoms with van der Waals surface area (Å²) in [4.78, 5) is 40.1. The van der Waals surface area contributed by atoms with Crippen molar-refractivity contribution in [3.8, 4) is 0 Å². The van der Waals surface area contributed by atoms with Gasteiger partial charge in [0.2, 0.25) is 0 Å². The SMILES string of the molecule is COC(=O)[C@@H]1C[C@@]23C4=C(CC[C@@H]5CN6C[C@@H](C)[C@@H](C[C@@H](OC(C)=O)[C@@]52COC(C)=O)[C@@]63O)CC[C@@H]41. The molecule has 6 rings (SSSR count). The van der Waals surface area contributed by atoms with Crippen molar-refractivity contribution >= 4 is 17.9 Å². The van der Waals surface area contributed by atoms with Gasteiger partial charge in [-0.2, -0.15) is 0 Å². The number of methoxy groups -OCH3 is 1. The van der Waals surface area contributed by atoms with E-state index in [9.17, 15) is 19.5 Å². The second kappa shape index (κ2) is 7.54. The molecule has 1 N–H and O–H groups in total. The van der Waals surface area contributed by atoms with Crippen molar-refractivity contribution in [3.63, 3.8) is 0 Å². The zero-order chi connectivity index (χ0) is 24.9. The number of allylic oxidation sites excluding steroid dienone is 1. The summed E-state index contributed by atoms with van der Waals surface area (Å²) in [7, 11) is 1.43. The smallest absolute Gasteiger partial charge is 0.309 e. The minimum absolute atomic E-state index is 0.00418. The quantitative estimate of drug-likeness (QED) is 0.367. The molecule has 8 heteroatoms. The zero-order valence-electron chi connectivity index (χ0n) is 21.2. The molecule has 1 spiro atoms. The molecule has 2 aliphatic heterocycles. The van der Waals surface area contributed by atoms with Crippen LogP contribution in [0.3, 0.4) is 0 Å². The zero-order valence-corrected chi connectivity index (χ0v) is 21.2. The molecule has 2 saturated heterocycles. The van der Waals surface area contributed by atoms with Crippen LogP contribution < -0.4 is 0 Å². The van der Waals surface area contributed by atoms with Gasteiger partial charge < -0.3 is 19.3 Å². The fourth-order valence-corrected chi connectivity index (χ4v) is 10.1. The van der Waals surface area contributed by atoms with Gasteiger partial charge in [-0.3, -0.25) is 19.3 Å². The lowest BCUT2D eigenvalue weighted by atomic mass is 9.41. The van der Waals surface area contributed by atoms with Crippen molar-refractivity contribution in [1.29, 1.82) is 0 Å². The summed E-state index contributed by atoms with van der Waals surface area (Å²) >= 11 is 0. The van der Waals surface area contributed by atoms with E-state index in [0.29, 0.717) is 19.4 Å². The lowest BCUT2D eigenvalue weighted by Gasteiger charge is -2.70. The van der Waals surface area contributed by atoms with Crippen LogP contribution >= 0.6 is 0 Å².